The van der Waals surface area contributed by atoms with Gasteiger partial charge in [0.05, 0.1) is 6.26 Å². The molecule has 0 radical (unpaired) electrons. The maximum atomic E-state index is 11.9. The van der Waals surface area contributed by atoms with Crippen LogP contribution in [0.1, 0.15) is 5.76 Å². The zero-order valence-electron chi connectivity index (χ0n) is 12.8. The van der Waals surface area contributed by atoms with Crippen molar-refractivity contribution < 1.29 is 18.7 Å². The highest BCUT2D eigenvalue weighted by atomic mass is 16.5. The minimum Gasteiger partial charge on any atom is -0.465 e. The van der Waals surface area contributed by atoms with Crippen LogP contribution in [0.4, 0.5) is 5.69 Å². The Morgan fingerprint density at radius 1 is 1.04 bits per heavy atom. The number of rotatable bonds is 5. The normalized spacial score (nSPS) is 10.8. The number of amides is 1. The predicted octanol–water partition coefficient (Wildman–Crippen LogP) is 3.63. The van der Waals surface area contributed by atoms with E-state index < -0.39 is 11.9 Å². The minimum atomic E-state index is -0.611. The summed E-state index contributed by atoms with van der Waals surface area (Å²) in [7, 11) is 0. The van der Waals surface area contributed by atoms with Gasteiger partial charge < -0.3 is 14.5 Å². The molecule has 1 N–H and O–H groups in total. The molecule has 5 heteroatoms. The predicted molar refractivity (Wildman–Crippen MR) is 91.3 cm³/mol. The maximum Gasteiger partial charge on any atom is 0.331 e. The smallest absolute Gasteiger partial charge is 0.331 e. The molecule has 0 aliphatic heterocycles. The number of furan rings is 1. The van der Waals surface area contributed by atoms with Crippen LogP contribution in [0, 0.1) is 0 Å². The van der Waals surface area contributed by atoms with E-state index >= 15 is 0 Å². The molecule has 2 aromatic carbocycles. The lowest BCUT2D eigenvalue weighted by Crippen LogP contribution is -2.20. The summed E-state index contributed by atoms with van der Waals surface area (Å²) >= 11 is 0. The van der Waals surface area contributed by atoms with Crippen molar-refractivity contribution in [3.63, 3.8) is 0 Å². The van der Waals surface area contributed by atoms with Crippen molar-refractivity contribution in [1.29, 1.82) is 0 Å². The van der Waals surface area contributed by atoms with Gasteiger partial charge >= 0.3 is 5.97 Å². The number of anilines is 1. The van der Waals surface area contributed by atoms with Gasteiger partial charge in [-0.3, -0.25) is 4.79 Å². The SMILES string of the molecule is O=C(COC(=O)C=Cc1ccco1)Nc1ccc2ccccc2c1. The van der Waals surface area contributed by atoms with Gasteiger partial charge in [-0.05, 0) is 41.1 Å². The van der Waals surface area contributed by atoms with E-state index in [1.54, 1.807) is 18.2 Å². The average molecular weight is 321 g/mol. The van der Waals surface area contributed by atoms with Crippen molar-refractivity contribution >= 4 is 34.4 Å². The number of nitrogens with one attached hydrogen (secondary N) is 1. The number of benzene rings is 2. The third-order valence-electron chi connectivity index (χ3n) is 3.31. The average Bonchev–Trinajstić information content (AvgIpc) is 3.11. The van der Waals surface area contributed by atoms with Crippen LogP contribution in [0.2, 0.25) is 0 Å². The molecule has 0 fully saturated rings. The molecule has 1 aromatic heterocycles. The molecule has 24 heavy (non-hydrogen) atoms. The molecule has 5 nitrogen and oxygen atoms in total. The Kier molecular flexibility index (Phi) is 4.72. The van der Waals surface area contributed by atoms with Gasteiger partial charge in [-0.2, -0.15) is 0 Å². The topological polar surface area (TPSA) is 68.5 Å². The van der Waals surface area contributed by atoms with Gasteiger partial charge in [0.2, 0.25) is 0 Å². The second-order valence-electron chi connectivity index (χ2n) is 5.07. The van der Waals surface area contributed by atoms with E-state index in [4.69, 9.17) is 9.15 Å². The van der Waals surface area contributed by atoms with Crippen molar-refractivity contribution in [2.24, 2.45) is 0 Å². The summed E-state index contributed by atoms with van der Waals surface area (Å²) in [5.74, 6) is -0.474. The van der Waals surface area contributed by atoms with Gasteiger partial charge in [0.15, 0.2) is 6.61 Å². The first-order valence-electron chi connectivity index (χ1n) is 7.38. The molecule has 1 amide bonds. The molecular weight excluding hydrogens is 306 g/mol. The summed E-state index contributed by atoms with van der Waals surface area (Å²) in [5, 5.41) is 4.81. The number of carbonyl (C=O) groups excluding carboxylic acids is 2. The van der Waals surface area contributed by atoms with Crippen LogP contribution in [0.15, 0.2) is 71.4 Å². The summed E-state index contributed by atoms with van der Waals surface area (Å²) in [5.41, 5.74) is 0.654. The van der Waals surface area contributed by atoms with E-state index in [1.807, 2.05) is 36.4 Å². The Labute approximate surface area is 138 Å². The zero-order valence-corrected chi connectivity index (χ0v) is 12.8. The standard InChI is InChI=1S/C19H15NO4/c21-18(13-24-19(22)10-9-17-6-3-11-23-17)20-16-8-7-14-4-1-2-5-15(14)12-16/h1-12H,13H2,(H,20,21). The van der Waals surface area contributed by atoms with Crippen LogP contribution >= 0.6 is 0 Å². The molecule has 0 atom stereocenters. The second-order valence-corrected chi connectivity index (χ2v) is 5.07. The lowest BCUT2D eigenvalue weighted by molar-refractivity contribution is -0.142. The van der Waals surface area contributed by atoms with E-state index in [-0.39, 0.29) is 6.61 Å². The van der Waals surface area contributed by atoms with Crippen molar-refractivity contribution in [3.8, 4) is 0 Å². The zero-order chi connectivity index (χ0) is 16.8. The molecule has 0 spiro atoms. The summed E-state index contributed by atoms with van der Waals surface area (Å²) in [6.07, 6.45) is 4.19. The first kappa shape index (κ1) is 15.6. The molecule has 0 unspecified atom stereocenters. The third-order valence-corrected chi connectivity index (χ3v) is 3.31. The summed E-state index contributed by atoms with van der Waals surface area (Å²) in [6, 6.07) is 16.8. The van der Waals surface area contributed by atoms with Gasteiger partial charge in [-0.1, -0.05) is 30.3 Å². The van der Waals surface area contributed by atoms with Crippen molar-refractivity contribution in [3.05, 3.63) is 72.7 Å². The third kappa shape index (κ3) is 4.10. The first-order chi connectivity index (χ1) is 11.7. The van der Waals surface area contributed by atoms with Crippen molar-refractivity contribution in [2.75, 3.05) is 11.9 Å². The molecule has 1 heterocycles. The van der Waals surface area contributed by atoms with Gasteiger partial charge in [0.25, 0.3) is 5.91 Å². The number of fused-ring (bicyclic) bond motifs is 1. The highest BCUT2D eigenvalue weighted by Crippen LogP contribution is 2.18. The fourth-order valence-electron chi connectivity index (χ4n) is 2.19. The van der Waals surface area contributed by atoms with E-state index in [2.05, 4.69) is 5.32 Å². The Morgan fingerprint density at radius 3 is 2.67 bits per heavy atom. The molecule has 0 aliphatic carbocycles. The van der Waals surface area contributed by atoms with Crippen molar-refractivity contribution in [1.82, 2.24) is 0 Å². The largest absolute Gasteiger partial charge is 0.465 e. The first-order valence-corrected chi connectivity index (χ1v) is 7.38. The summed E-state index contributed by atoms with van der Waals surface area (Å²) < 4.78 is 9.93. The van der Waals surface area contributed by atoms with E-state index in [0.29, 0.717) is 11.4 Å². The molecule has 0 aliphatic rings. The number of esters is 1. The molecule has 3 rings (SSSR count). The molecule has 0 saturated carbocycles. The highest BCUT2D eigenvalue weighted by Gasteiger charge is 2.06. The molecular formula is C19H15NO4. The summed E-state index contributed by atoms with van der Waals surface area (Å²) in [6.45, 7) is -0.353. The Bertz CT molecular complexity index is 881. The van der Waals surface area contributed by atoms with Crippen LogP contribution in [-0.4, -0.2) is 18.5 Å². The molecule has 3 aromatic rings. The van der Waals surface area contributed by atoms with E-state index in [0.717, 1.165) is 10.8 Å². The van der Waals surface area contributed by atoms with Gasteiger partial charge in [-0.15, -0.1) is 0 Å². The minimum absolute atomic E-state index is 0.353. The van der Waals surface area contributed by atoms with Gasteiger partial charge in [-0.25, -0.2) is 4.79 Å². The Morgan fingerprint density at radius 2 is 1.88 bits per heavy atom. The van der Waals surface area contributed by atoms with Crippen LogP contribution in [0.5, 0.6) is 0 Å². The lowest BCUT2D eigenvalue weighted by Gasteiger charge is -2.06. The highest BCUT2D eigenvalue weighted by molar-refractivity contribution is 5.96. The number of ether oxygens (including phenoxy) is 1. The number of carbonyl (C=O) groups is 2. The quantitative estimate of drug-likeness (QED) is 0.575. The Balaban J connectivity index is 1.52. The van der Waals surface area contributed by atoms with Gasteiger partial charge in [0, 0.05) is 11.8 Å². The van der Waals surface area contributed by atoms with Crippen LogP contribution < -0.4 is 5.32 Å². The van der Waals surface area contributed by atoms with Crippen LogP contribution in [0.25, 0.3) is 16.8 Å². The monoisotopic (exact) mass is 321 g/mol. The molecule has 0 saturated heterocycles. The van der Waals surface area contributed by atoms with E-state index in [1.165, 1.54) is 18.4 Å². The van der Waals surface area contributed by atoms with Crippen LogP contribution in [0.3, 0.4) is 0 Å². The fourth-order valence-corrected chi connectivity index (χ4v) is 2.19. The summed E-state index contributed by atoms with van der Waals surface area (Å²) in [4.78, 5) is 23.4. The maximum absolute atomic E-state index is 11.9. The van der Waals surface area contributed by atoms with Crippen molar-refractivity contribution in [2.45, 2.75) is 0 Å². The second kappa shape index (κ2) is 7.28. The fraction of sp³-hybridized carbons (Fsp3) is 0.0526. The molecule has 120 valence electrons. The molecule has 0 bridgehead atoms. The lowest BCUT2D eigenvalue weighted by atomic mass is 10.1. The van der Waals surface area contributed by atoms with E-state index in [9.17, 15) is 9.59 Å². The Hall–Kier alpha value is -3.34. The number of hydrogen-bond donors (Lipinski definition) is 1. The van der Waals surface area contributed by atoms with Gasteiger partial charge in [0.1, 0.15) is 5.76 Å². The number of hydrogen-bond acceptors (Lipinski definition) is 4. The van der Waals surface area contributed by atoms with Crippen LogP contribution in [-0.2, 0) is 14.3 Å².